The monoisotopic (exact) mass is 1130 g/mol. The molecule has 0 fully saturated rings. The number of nitrogens with zero attached hydrogens (tertiary/aromatic N) is 1. The Kier molecular flexibility index (Phi) is 10.5. The summed E-state index contributed by atoms with van der Waals surface area (Å²) in [5.74, 6) is 3.73. The summed E-state index contributed by atoms with van der Waals surface area (Å²) < 4.78 is 14.0. The van der Waals surface area contributed by atoms with Gasteiger partial charge in [0.05, 0.1) is 19.6 Å². The molecule has 3 nitrogen and oxygen atoms in total. The van der Waals surface area contributed by atoms with Gasteiger partial charge < -0.3 is 14.4 Å². The van der Waals surface area contributed by atoms with Gasteiger partial charge in [0.15, 0.2) is 0 Å². The van der Waals surface area contributed by atoms with E-state index in [2.05, 4.69) is 259 Å². The number of para-hydroxylation sites is 2. The van der Waals surface area contributed by atoms with E-state index in [0.29, 0.717) is 0 Å². The fourth-order valence-corrected chi connectivity index (χ4v) is 18.7. The highest BCUT2D eigenvalue weighted by Gasteiger charge is 2.43. The Bertz CT molecular complexity index is 4400. The maximum Gasteiger partial charge on any atom is 0.149 e. The number of hydrogen-bond acceptors (Lipinski definition) is 7. The van der Waals surface area contributed by atoms with Gasteiger partial charge in [0.2, 0.25) is 0 Å². The van der Waals surface area contributed by atoms with Crippen LogP contribution in [0.15, 0.2) is 251 Å². The molecule has 6 aliphatic rings. The van der Waals surface area contributed by atoms with Crippen LogP contribution in [0.4, 0.5) is 17.1 Å². The molecule has 0 spiro atoms. The summed E-state index contributed by atoms with van der Waals surface area (Å²) in [5, 5.41) is 0. The van der Waals surface area contributed by atoms with Crippen molar-refractivity contribution >= 4 is 64.1 Å². The molecule has 82 heavy (non-hydrogen) atoms. The molecule has 11 aromatic rings. The van der Waals surface area contributed by atoms with Crippen molar-refractivity contribution in [1.29, 1.82) is 0 Å². The summed E-state index contributed by atoms with van der Waals surface area (Å²) in [5.41, 5.74) is 23.1. The minimum Gasteiger partial charge on any atom is -0.454 e. The van der Waals surface area contributed by atoms with Gasteiger partial charge >= 0.3 is 0 Å². The van der Waals surface area contributed by atoms with Crippen molar-refractivity contribution in [2.45, 2.75) is 97.0 Å². The maximum absolute atomic E-state index is 7.21. The van der Waals surface area contributed by atoms with E-state index in [-0.39, 0.29) is 16.2 Å². The van der Waals surface area contributed by atoms with E-state index in [1.165, 1.54) is 97.5 Å². The van der Waals surface area contributed by atoms with Gasteiger partial charge in [-0.1, -0.05) is 222 Å². The smallest absolute Gasteiger partial charge is 0.149 e. The number of benzene rings is 11. The second-order valence-corrected chi connectivity index (χ2v) is 28.2. The van der Waals surface area contributed by atoms with Crippen LogP contribution in [0.25, 0.3) is 55.6 Å². The lowest BCUT2D eigenvalue weighted by Crippen LogP contribution is -2.16. The number of anilines is 3. The Morgan fingerprint density at radius 3 is 1.43 bits per heavy atom. The van der Waals surface area contributed by atoms with Crippen molar-refractivity contribution in [2.24, 2.45) is 0 Å². The van der Waals surface area contributed by atoms with Crippen LogP contribution in [0.1, 0.15) is 74.9 Å². The first-order chi connectivity index (χ1) is 39.9. The molecule has 3 aliphatic heterocycles. The Hall–Kier alpha value is -7.78. The fraction of sp³-hybridized carbons (Fsp3) is 0.120. The van der Waals surface area contributed by atoms with Crippen molar-refractivity contribution < 1.29 is 9.47 Å². The molecule has 0 saturated heterocycles. The van der Waals surface area contributed by atoms with Crippen LogP contribution >= 0.6 is 47.0 Å². The second kappa shape index (κ2) is 17.6. The lowest BCUT2D eigenvalue weighted by Gasteiger charge is -2.29. The van der Waals surface area contributed by atoms with Gasteiger partial charge in [0.1, 0.15) is 23.0 Å². The minimum atomic E-state index is -0.278. The second-order valence-electron chi connectivity index (χ2n) is 23.9. The molecule has 0 bridgehead atoms. The normalized spacial score (nSPS) is 15.7. The van der Waals surface area contributed by atoms with Gasteiger partial charge in [-0.15, -0.1) is 0 Å². The highest BCUT2D eigenvalue weighted by Crippen LogP contribution is 2.63. The van der Waals surface area contributed by atoms with Crippen LogP contribution in [0.2, 0.25) is 0 Å². The first-order valence-corrected chi connectivity index (χ1v) is 31.5. The molecule has 0 amide bonds. The number of hydrogen-bond donors (Lipinski definition) is 0. The van der Waals surface area contributed by atoms with E-state index in [1.54, 1.807) is 23.5 Å². The molecule has 0 saturated carbocycles. The van der Waals surface area contributed by atoms with E-state index in [0.717, 1.165) is 70.8 Å². The van der Waals surface area contributed by atoms with E-state index < -0.39 is 0 Å². The van der Waals surface area contributed by atoms with Crippen LogP contribution in [0.3, 0.4) is 0 Å². The molecule has 11 aromatic carbocycles. The Morgan fingerprint density at radius 1 is 0.293 bits per heavy atom. The topological polar surface area (TPSA) is 21.7 Å². The Labute approximate surface area is 496 Å². The molecule has 0 aromatic heterocycles. The molecular weight excluding hydrogens is 1080 g/mol. The standard InChI is InChI=1S/C75H53NO2S4/c1-73(2)52-19-9-7-15-49(52)65-54(73)35-39-62-70(65)78-68-47(17-13-23-60(68)80-62)42-25-29-44(30-26-42)76(46-33-34-51-57(41-46)75(5,6)55-36-38-61-69(66(51)55)77-58-21-11-12-22-59(58)79-61)45-31-27-43(28-32-45)48-18-14-24-63-71(48)82-72-64(81-63)40-37-56-67(72)50-16-8-10-20-53(50)74(56,3)4/h7-41H,1-6H3. The van der Waals surface area contributed by atoms with Gasteiger partial charge in [-0.3, -0.25) is 0 Å². The van der Waals surface area contributed by atoms with Crippen LogP contribution in [-0.4, -0.2) is 0 Å². The van der Waals surface area contributed by atoms with Crippen LogP contribution in [-0.2, 0) is 16.2 Å². The quantitative estimate of drug-likeness (QED) is 0.169. The molecular formula is C75H53NO2S4. The highest BCUT2D eigenvalue weighted by molar-refractivity contribution is 8.05. The van der Waals surface area contributed by atoms with Crippen LogP contribution in [0.5, 0.6) is 23.0 Å². The van der Waals surface area contributed by atoms with Gasteiger partial charge in [-0.2, -0.15) is 0 Å². The van der Waals surface area contributed by atoms with Gasteiger partial charge in [-0.25, -0.2) is 0 Å². The van der Waals surface area contributed by atoms with Crippen LogP contribution < -0.4 is 14.4 Å². The molecule has 17 rings (SSSR count). The zero-order chi connectivity index (χ0) is 55.0. The van der Waals surface area contributed by atoms with E-state index in [9.17, 15) is 0 Å². The third-order valence-corrected chi connectivity index (χ3v) is 23.1. The largest absolute Gasteiger partial charge is 0.454 e. The predicted octanol–water partition coefficient (Wildman–Crippen LogP) is 22.5. The lowest BCUT2D eigenvalue weighted by molar-refractivity contribution is 0.455. The number of rotatable bonds is 5. The minimum absolute atomic E-state index is 0.0556. The predicted molar refractivity (Wildman–Crippen MR) is 341 cm³/mol. The molecule has 0 atom stereocenters. The molecule has 0 N–H and O–H groups in total. The fourth-order valence-electron chi connectivity index (χ4n) is 14.1. The summed E-state index contributed by atoms with van der Waals surface area (Å²) >= 11 is 7.45. The average molecular weight is 1130 g/mol. The molecule has 0 unspecified atom stereocenters. The Balaban J connectivity index is 0.763. The third-order valence-electron chi connectivity index (χ3n) is 18.3. The summed E-state index contributed by atoms with van der Waals surface area (Å²) in [6, 6.07) is 79.0. The summed E-state index contributed by atoms with van der Waals surface area (Å²) in [6.07, 6.45) is 0. The third kappa shape index (κ3) is 6.97. The summed E-state index contributed by atoms with van der Waals surface area (Å²) in [4.78, 5) is 12.3. The van der Waals surface area contributed by atoms with Gasteiger partial charge in [-0.05, 0) is 146 Å². The summed E-state index contributed by atoms with van der Waals surface area (Å²) in [7, 11) is 0. The molecule has 7 heteroatoms. The Morgan fingerprint density at radius 2 is 0.744 bits per heavy atom. The number of fused-ring (bicyclic) bond motifs is 18. The van der Waals surface area contributed by atoms with Gasteiger partial charge in [0.25, 0.3) is 0 Å². The first kappa shape index (κ1) is 48.9. The zero-order valence-electron chi connectivity index (χ0n) is 46.1. The van der Waals surface area contributed by atoms with Crippen molar-refractivity contribution in [3.05, 3.63) is 246 Å². The SMILES string of the molecule is CC1(C)c2cc(N(c3ccc(-c4cccc5c4Oc4c(ccc6c4-c4ccccc4C6(C)C)S5)cc3)c3ccc(-c4cccc5c4Sc4c(ccc6c4-c4ccccc4C6(C)C)S5)cc3)ccc2-c2c1ccc1c2Oc2ccccc2S1. The van der Waals surface area contributed by atoms with Gasteiger partial charge in [0, 0.05) is 75.1 Å². The summed E-state index contributed by atoms with van der Waals surface area (Å²) in [6.45, 7) is 14.1. The first-order valence-electron chi connectivity index (χ1n) is 28.2. The van der Waals surface area contributed by atoms with Crippen molar-refractivity contribution in [2.75, 3.05) is 4.90 Å². The average Bonchev–Trinajstić information content (AvgIpc) is 3.80. The van der Waals surface area contributed by atoms with Crippen LogP contribution in [0, 0.1) is 0 Å². The maximum atomic E-state index is 7.21. The molecule has 394 valence electrons. The van der Waals surface area contributed by atoms with E-state index >= 15 is 0 Å². The number of ether oxygens (including phenoxy) is 2. The molecule has 3 heterocycles. The molecule has 0 radical (unpaired) electrons. The lowest BCUT2D eigenvalue weighted by atomic mass is 9.82. The van der Waals surface area contributed by atoms with Crippen molar-refractivity contribution in [1.82, 2.24) is 0 Å². The van der Waals surface area contributed by atoms with E-state index in [1.807, 2.05) is 23.5 Å². The van der Waals surface area contributed by atoms with Crippen molar-refractivity contribution in [3.8, 4) is 78.6 Å². The zero-order valence-corrected chi connectivity index (χ0v) is 49.4. The molecule has 3 aliphatic carbocycles. The van der Waals surface area contributed by atoms with Crippen molar-refractivity contribution in [3.63, 3.8) is 0 Å². The van der Waals surface area contributed by atoms with E-state index in [4.69, 9.17) is 9.47 Å². The highest BCUT2D eigenvalue weighted by atomic mass is 32.2.